The van der Waals surface area contributed by atoms with E-state index in [1.165, 1.54) is 15.7 Å². The van der Waals surface area contributed by atoms with Crippen molar-refractivity contribution in [3.63, 3.8) is 0 Å². The number of anilines is 5. The normalized spacial score (nSPS) is 14.4. The lowest BCUT2D eigenvalue weighted by Gasteiger charge is -2.40. The fourth-order valence-corrected chi connectivity index (χ4v) is 7.76. The van der Waals surface area contributed by atoms with Crippen LogP contribution in [0.2, 0.25) is 0 Å². The number of carbonyl (C=O) groups excluding carboxylic acids is 2. The van der Waals surface area contributed by atoms with Gasteiger partial charge in [-0.3, -0.25) is 9.59 Å². The number of carbonyl (C=O) groups is 2. The van der Waals surface area contributed by atoms with Gasteiger partial charge in [-0.25, -0.2) is 4.90 Å². The first-order chi connectivity index (χ1) is 22.7. The predicted molar refractivity (Wildman–Crippen MR) is 187 cm³/mol. The van der Waals surface area contributed by atoms with Crippen LogP contribution in [0, 0.1) is 0 Å². The van der Waals surface area contributed by atoms with E-state index in [2.05, 4.69) is 107 Å². The van der Waals surface area contributed by atoms with Crippen LogP contribution in [0.1, 0.15) is 20.7 Å². The monoisotopic (exact) mass is 591 g/mol. The van der Waals surface area contributed by atoms with Crippen LogP contribution in [-0.2, 0) is 0 Å². The molecular weight excluding hydrogens is 566 g/mol. The average molecular weight is 592 g/mol. The molecule has 0 unspecified atom stereocenters. The van der Waals surface area contributed by atoms with Crippen molar-refractivity contribution in [1.82, 2.24) is 0 Å². The molecule has 2 aliphatic heterocycles. The summed E-state index contributed by atoms with van der Waals surface area (Å²) in [5.74, 6) is -0.583. The van der Waals surface area contributed by atoms with Crippen LogP contribution in [-0.4, -0.2) is 18.5 Å². The number of rotatable bonds is 3. The second-order valence-corrected chi connectivity index (χ2v) is 12.0. The molecule has 0 spiro atoms. The van der Waals surface area contributed by atoms with Crippen molar-refractivity contribution in [2.75, 3.05) is 21.4 Å². The minimum Gasteiger partial charge on any atom is -0.322 e. The van der Waals surface area contributed by atoms with Crippen molar-refractivity contribution in [3.8, 4) is 0 Å². The zero-order valence-corrected chi connectivity index (χ0v) is 24.6. The van der Waals surface area contributed by atoms with Crippen LogP contribution in [0.15, 0.2) is 140 Å². The molecule has 10 rings (SSSR count). The summed E-state index contributed by atoms with van der Waals surface area (Å²) in [5, 5.41) is 8.40. The van der Waals surface area contributed by atoms with Crippen LogP contribution < -0.4 is 14.7 Å². The standard InChI is InChI=1S/C41H25N3O2/c45-40-32-18-16-28-30-20-22-34-39-35(43(26-12-6-2-7-13-26)24-42(34)25-10-4-1-5-11-25)23-21-31(37(30)39)29-17-19-33(38(32)36(28)29)41(46)44(40)27-14-8-3-9-15-27/h1-23H,24H2. The Morgan fingerprint density at radius 1 is 0.370 bits per heavy atom. The number of benzene rings is 8. The maximum absolute atomic E-state index is 14.0. The van der Waals surface area contributed by atoms with Gasteiger partial charge >= 0.3 is 0 Å². The average Bonchev–Trinajstić information content (AvgIpc) is 3.12. The van der Waals surface area contributed by atoms with E-state index in [1.54, 1.807) is 12.1 Å². The third kappa shape index (κ3) is 3.23. The number of hydrogen-bond acceptors (Lipinski definition) is 4. The highest BCUT2D eigenvalue weighted by Crippen LogP contribution is 2.51. The topological polar surface area (TPSA) is 43.9 Å². The first kappa shape index (κ1) is 25.2. The first-order valence-electron chi connectivity index (χ1n) is 15.5. The van der Waals surface area contributed by atoms with E-state index in [1.807, 2.05) is 30.3 Å². The zero-order chi connectivity index (χ0) is 30.5. The Bertz CT molecular complexity index is 2400. The highest BCUT2D eigenvalue weighted by Gasteiger charge is 2.36. The van der Waals surface area contributed by atoms with Gasteiger partial charge in [0.05, 0.1) is 23.7 Å². The Labute approximate surface area is 264 Å². The van der Waals surface area contributed by atoms with Crippen molar-refractivity contribution in [3.05, 3.63) is 151 Å². The Balaban J connectivity index is 1.29. The smallest absolute Gasteiger partial charge is 0.265 e. The molecule has 0 saturated heterocycles. The maximum Gasteiger partial charge on any atom is 0.265 e. The summed E-state index contributed by atoms with van der Waals surface area (Å²) in [6.07, 6.45) is 0. The van der Waals surface area contributed by atoms with E-state index < -0.39 is 0 Å². The number of nitrogens with zero attached hydrogens (tertiary/aromatic N) is 3. The summed E-state index contributed by atoms with van der Waals surface area (Å²) in [4.78, 5) is 34.0. The van der Waals surface area contributed by atoms with Crippen LogP contribution in [0.4, 0.5) is 28.4 Å². The van der Waals surface area contributed by atoms with Crippen LogP contribution >= 0.6 is 0 Å². The lowest BCUT2D eigenvalue weighted by molar-refractivity contribution is 0.0893. The van der Waals surface area contributed by atoms with E-state index in [0.29, 0.717) is 23.5 Å². The third-order valence-corrected chi connectivity index (χ3v) is 9.74. The molecule has 216 valence electrons. The second kappa shape index (κ2) is 9.16. The molecule has 2 heterocycles. The molecule has 2 amide bonds. The number of imide groups is 1. The Kier molecular flexibility index (Phi) is 5.01. The van der Waals surface area contributed by atoms with Crippen LogP contribution in [0.25, 0.3) is 43.1 Å². The molecule has 2 aliphatic rings. The molecule has 0 aromatic heterocycles. The minimum atomic E-state index is -0.291. The molecule has 8 aromatic rings. The molecular formula is C41H25N3O2. The summed E-state index contributed by atoms with van der Waals surface area (Å²) in [7, 11) is 0. The van der Waals surface area contributed by atoms with E-state index in [0.717, 1.165) is 55.1 Å². The quantitative estimate of drug-likeness (QED) is 0.117. The van der Waals surface area contributed by atoms with Crippen molar-refractivity contribution < 1.29 is 9.59 Å². The van der Waals surface area contributed by atoms with Gasteiger partial charge in [0.15, 0.2) is 0 Å². The number of amides is 2. The van der Waals surface area contributed by atoms with Crippen LogP contribution in [0.5, 0.6) is 0 Å². The van der Waals surface area contributed by atoms with E-state index in [-0.39, 0.29) is 11.8 Å². The third-order valence-electron chi connectivity index (χ3n) is 9.74. The van der Waals surface area contributed by atoms with Gasteiger partial charge in [-0.15, -0.1) is 0 Å². The fourth-order valence-electron chi connectivity index (χ4n) is 7.76. The van der Waals surface area contributed by atoms with Crippen LogP contribution in [0.3, 0.4) is 0 Å². The molecule has 0 fully saturated rings. The van der Waals surface area contributed by atoms with Crippen molar-refractivity contribution >= 4 is 83.3 Å². The SMILES string of the molecule is O=C1c2ccc3c4ccc5c6c(ccc(c7ccc(c2c37)C(=O)N1c1ccccc1)c64)N(c1ccccc1)CN5c1ccccc1. The fraction of sp³-hybridized carbons (Fsp3) is 0.0244. The minimum absolute atomic E-state index is 0.291. The molecule has 8 aromatic carbocycles. The van der Waals surface area contributed by atoms with Gasteiger partial charge in [-0.1, -0.05) is 78.9 Å². The van der Waals surface area contributed by atoms with Gasteiger partial charge in [-0.05, 0) is 87.6 Å². The molecule has 0 atom stereocenters. The lowest BCUT2D eigenvalue weighted by Crippen LogP contribution is -2.40. The Morgan fingerprint density at radius 2 is 0.761 bits per heavy atom. The van der Waals surface area contributed by atoms with E-state index >= 15 is 0 Å². The lowest BCUT2D eigenvalue weighted by atomic mass is 9.83. The molecule has 0 N–H and O–H groups in total. The van der Waals surface area contributed by atoms with Gasteiger partial charge in [0.2, 0.25) is 0 Å². The van der Waals surface area contributed by atoms with Gasteiger partial charge in [-0.2, -0.15) is 0 Å². The Hall–Kier alpha value is -6.20. The largest absolute Gasteiger partial charge is 0.322 e. The Morgan fingerprint density at radius 3 is 1.22 bits per heavy atom. The number of fused-ring (bicyclic) bond motifs is 2. The van der Waals surface area contributed by atoms with Crippen molar-refractivity contribution in [2.45, 2.75) is 0 Å². The van der Waals surface area contributed by atoms with Gasteiger partial charge < -0.3 is 9.80 Å². The molecule has 0 saturated carbocycles. The molecule has 0 bridgehead atoms. The highest BCUT2D eigenvalue weighted by molar-refractivity contribution is 6.43. The number of hydrogen-bond donors (Lipinski definition) is 0. The molecule has 46 heavy (non-hydrogen) atoms. The van der Waals surface area contributed by atoms with Gasteiger partial charge in [0, 0.05) is 38.7 Å². The zero-order valence-electron chi connectivity index (χ0n) is 24.6. The summed E-state index contributed by atoms with van der Waals surface area (Å²) in [6.45, 7) is 0.676. The maximum atomic E-state index is 14.0. The predicted octanol–water partition coefficient (Wildman–Crippen LogP) is 9.79. The summed E-state index contributed by atoms with van der Waals surface area (Å²) in [6, 6.07) is 47.1. The molecule has 0 aliphatic carbocycles. The van der Waals surface area contributed by atoms with Gasteiger partial charge in [0.1, 0.15) is 0 Å². The second-order valence-electron chi connectivity index (χ2n) is 12.0. The van der Waals surface area contributed by atoms with Crippen molar-refractivity contribution in [1.29, 1.82) is 0 Å². The highest BCUT2D eigenvalue weighted by atomic mass is 16.2. The first-order valence-corrected chi connectivity index (χ1v) is 15.5. The number of para-hydroxylation sites is 3. The van der Waals surface area contributed by atoms with Gasteiger partial charge in [0.25, 0.3) is 11.8 Å². The molecule has 0 radical (unpaired) electrons. The summed E-state index contributed by atoms with van der Waals surface area (Å²) < 4.78 is 0. The summed E-state index contributed by atoms with van der Waals surface area (Å²) >= 11 is 0. The van der Waals surface area contributed by atoms with Crippen molar-refractivity contribution in [2.24, 2.45) is 0 Å². The molecule has 5 nitrogen and oxygen atoms in total. The summed E-state index contributed by atoms with van der Waals surface area (Å²) in [5.41, 5.74) is 6.26. The van der Waals surface area contributed by atoms with E-state index in [9.17, 15) is 9.59 Å². The van der Waals surface area contributed by atoms with E-state index in [4.69, 9.17) is 0 Å². The molecule has 5 heteroatoms.